The molecular formula is C18H26N2O2. The van der Waals surface area contributed by atoms with Gasteiger partial charge in [0.25, 0.3) is 5.91 Å². The van der Waals surface area contributed by atoms with E-state index in [0.717, 1.165) is 37.9 Å². The second kappa shape index (κ2) is 7.97. The van der Waals surface area contributed by atoms with Crippen LogP contribution in [0.4, 0.5) is 0 Å². The first-order valence-electron chi connectivity index (χ1n) is 8.30. The largest absolute Gasteiger partial charge is 0.341 e. The Morgan fingerprint density at radius 1 is 0.955 bits per heavy atom. The lowest BCUT2D eigenvalue weighted by Crippen LogP contribution is -2.39. The maximum Gasteiger partial charge on any atom is 0.253 e. The van der Waals surface area contributed by atoms with Crippen molar-refractivity contribution in [3.05, 3.63) is 35.9 Å². The van der Waals surface area contributed by atoms with E-state index in [0.29, 0.717) is 13.1 Å². The van der Waals surface area contributed by atoms with E-state index < -0.39 is 0 Å². The van der Waals surface area contributed by atoms with Gasteiger partial charge in [0, 0.05) is 37.7 Å². The molecule has 1 aromatic carbocycles. The molecule has 0 bridgehead atoms. The maximum absolute atomic E-state index is 12.5. The third-order valence-electron chi connectivity index (χ3n) is 4.45. The standard InChI is InChI=1S/C18H26N2O2/c1-3-15(4-2)17(21)19-11-8-12-20(14-13-19)18(22)16-9-6-5-7-10-16/h5-7,9-10,15H,3-4,8,11-14H2,1-2H3. The van der Waals surface area contributed by atoms with Gasteiger partial charge in [-0.2, -0.15) is 0 Å². The summed E-state index contributed by atoms with van der Waals surface area (Å²) in [5, 5.41) is 0. The van der Waals surface area contributed by atoms with E-state index in [9.17, 15) is 9.59 Å². The van der Waals surface area contributed by atoms with Crippen molar-refractivity contribution in [2.75, 3.05) is 26.2 Å². The lowest BCUT2D eigenvalue weighted by atomic mass is 10.0. The molecule has 0 N–H and O–H groups in total. The molecule has 1 aliphatic rings. The topological polar surface area (TPSA) is 40.6 Å². The molecule has 4 nitrogen and oxygen atoms in total. The monoisotopic (exact) mass is 302 g/mol. The molecule has 0 saturated carbocycles. The van der Waals surface area contributed by atoms with Crippen molar-refractivity contribution < 1.29 is 9.59 Å². The van der Waals surface area contributed by atoms with Crippen LogP contribution in [0.1, 0.15) is 43.5 Å². The van der Waals surface area contributed by atoms with Crippen LogP contribution in [-0.4, -0.2) is 47.8 Å². The van der Waals surface area contributed by atoms with E-state index in [1.807, 2.05) is 40.1 Å². The molecule has 0 spiro atoms. The average Bonchev–Trinajstić information content (AvgIpc) is 2.82. The van der Waals surface area contributed by atoms with Gasteiger partial charge in [0.2, 0.25) is 5.91 Å². The predicted octanol–water partition coefficient (Wildman–Crippen LogP) is 2.80. The smallest absolute Gasteiger partial charge is 0.253 e. The lowest BCUT2D eigenvalue weighted by Gasteiger charge is -2.25. The molecule has 0 unspecified atom stereocenters. The van der Waals surface area contributed by atoms with Gasteiger partial charge in [0.05, 0.1) is 0 Å². The summed E-state index contributed by atoms with van der Waals surface area (Å²) in [4.78, 5) is 28.8. The number of carbonyl (C=O) groups is 2. The molecule has 0 aliphatic carbocycles. The highest BCUT2D eigenvalue weighted by Crippen LogP contribution is 2.15. The van der Waals surface area contributed by atoms with Crippen LogP contribution < -0.4 is 0 Å². The van der Waals surface area contributed by atoms with Crippen molar-refractivity contribution in [2.24, 2.45) is 5.92 Å². The number of rotatable bonds is 4. The van der Waals surface area contributed by atoms with Gasteiger partial charge >= 0.3 is 0 Å². The molecule has 0 atom stereocenters. The molecule has 0 aromatic heterocycles. The zero-order valence-electron chi connectivity index (χ0n) is 13.6. The Balaban J connectivity index is 1.98. The highest BCUT2D eigenvalue weighted by atomic mass is 16.2. The SMILES string of the molecule is CCC(CC)C(=O)N1CCCN(C(=O)c2ccccc2)CC1. The molecule has 1 fully saturated rings. The Labute approximate surface area is 133 Å². The van der Waals surface area contributed by atoms with Gasteiger partial charge in [-0.1, -0.05) is 32.0 Å². The van der Waals surface area contributed by atoms with E-state index in [2.05, 4.69) is 13.8 Å². The second-order valence-corrected chi connectivity index (χ2v) is 5.85. The minimum atomic E-state index is 0.0671. The molecule has 120 valence electrons. The van der Waals surface area contributed by atoms with E-state index in [1.54, 1.807) is 0 Å². The van der Waals surface area contributed by atoms with Gasteiger partial charge in [-0.15, -0.1) is 0 Å². The number of hydrogen-bond donors (Lipinski definition) is 0. The van der Waals surface area contributed by atoms with E-state index >= 15 is 0 Å². The van der Waals surface area contributed by atoms with Crippen LogP contribution in [0.2, 0.25) is 0 Å². The number of benzene rings is 1. The molecule has 22 heavy (non-hydrogen) atoms. The number of carbonyl (C=O) groups excluding carboxylic acids is 2. The molecule has 1 aromatic rings. The van der Waals surface area contributed by atoms with Crippen LogP contribution in [0.15, 0.2) is 30.3 Å². The Hall–Kier alpha value is -1.84. The number of amides is 2. The van der Waals surface area contributed by atoms with E-state index in [1.165, 1.54) is 0 Å². The lowest BCUT2D eigenvalue weighted by molar-refractivity contribution is -0.135. The summed E-state index contributed by atoms with van der Waals surface area (Å²) in [5.41, 5.74) is 0.724. The van der Waals surface area contributed by atoms with Crippen molar-refractivity contribution in [3.63, 3.8) is 0 Å². The van der Waals surface area contributed by atoms with Crippen LogP contribution in [0.25, 0.3) is 0 Å². The Morgan fingerprint density at radius 2 is 1.55 bits per heavy atom. The zero-order valence-corrected chi connectivity index (χ0v) is 13.6. The summed E-state index contributed by atoms with van der Waals surface area (Å²) in [6.07, 6.45) is 2.63. The summed E-state index contributed by atoms with van der Waals surface area (Å²) < 4.78 is 0. The van der Waals surface area contributed by atoms with Crippen LogP contribution in [0, 0.1) is 5.92 Å². The molecule has 4 heteroatoms. The fourth-order valence-electron chi connectivity index (χ4n) is 3.00. The minimum Gasteiger partial charge on any atom is -0.341 e. The third kappa shape index (κ3) is 3.87. The summed E-state index contributed by atoms with van der Waals surface area (Å²) in [6.45, 7) is 6.88. The van der Waals surface area contributed by atoms with Crippen molar-refractivity contribution in [1.29, 1.82) is 0 Å². The zero-order chi connectivity index (χ0) is 15.9. The van der Waals surface area contributed by atoms with Gasteiger partial charge in [0.1, 0.15) is 0 Å². The quantitative estimate of drug-likeness (QED) is 0.858. The van der Waals surface area contributed by atoms with Crippen LogP contribution in [-0.2, 0) is 4.79 Å². The number of hydrogen-bond acceptors (Lipinski definition) is 2. The molecule has 1 aliphatic heterocycles. The third-order valence-corrected chi connectivity index (χ3v) is 4.45. The summed E-state index contributed by atoms with van der Waals surface area (Å²) in [7, 11) is 0. The van der Waals surface area contributed by atoms with Crippen molar-refractivity contribution >= 4 is 11.8 Å². The van der Waals surface area contributed by atoms with Crippen LogP contribution >= 0.6 is 0 Å². The highest BCUT2D eigenvalue weighted by molar-refractivity contribution is 5.94. The molecule has 1 saturated heterocycles. The van der Waals surface area contributed by atoms with Gasteiger partial charge < -0.3 is 9.80 Å². The first kappa shape index (κ1) is 16.5. The second-order valence-electron chi connectivity index (χ2n) is 5.85. The first-order chi connectivity index (χ1) is 10.7. The van der Waals surface area contributed by atoms with Crippen molar-refractivity contribution in [1.82, 2.24) is 9.80 Å². The van der Waals surface area contributed by atoms with Gasteiger partial charge in [-0.25, -0.2) is 0 Å². The van der Waals surface area contributed by atoms with Crippen molar-refractivity contribution in [2.45, 2.75) is 33.1 Å². The normalized spacial score (nSPS) is 15.8. The predicted molar refractivity (Wildman–Crippen MR) is 87.6 cm³/mol. The highest BCUT2D eigenvalue weighted by Gasteiger charge is 2.25. The molecular weight excluding hydrogens is 276 g/mol. The molecule has 2 rings (SSSR count). The fourth-order valence-corrected chi connectivity index (χ4v) is 3.00. The molecule has 0 radical (unpaired) electrons. The summed E-state index contributed by atoms with van der Waals surface area (Å²) in [5.74, 6) is 0.438. The van der Waals surface area contributed by atoms with E-state index in [-0.39, 0.29) is 17.7 Å². The Kier molecular flexibility index (Phi) is 5.99. The molecule has 1 heterocycles. The average molecular weight is 302 g/mol. The van der Waals surface area contributed by atoms with E-state index in [4.69, 9.17) is 0 Å². The first-order valence-corrected chi connectivity index (χ1v) is 8.30. The fraction of sp³-hybridized carbons (Fsp3) is 0.556. The Morgan fingerprint density at radius 3 is 2.18 bits per heavy atom. The summed E-state index contributed by atoms with van der Waals surface area (Å²) >= 11 is 0. The summed E-state index contributed by atoms with van der Waals surface area (Å²) in [6, 6.07) is 9.37. The van der Waals surface area contributed by atoms with Gasteiger partial charge in [-0.05, 0) is 31.4 Å². The number of nitrogens with zero attached hydrogens (tertiary/aromatic N) is 2. The van der Waals surface area contributed by atoms with Crippen LogP contribution in [0.3, 0.4) is 0 Å². The minimum absolute atomic E-state index is 0.0671. The van der Waals surface area contributed by atoms with Gasteiger partial charge in [-0.3, -0.25) is 9.59 Å². The van der Waals surface area contributed by atoms with Crippen LogP contribution in [0.5, 0.6) is 0 Å². The maximum atomic E-state index is 12.5. The molecule has 2 amide bonds. The van der Waals surface area contributed by atoms with Gasteiger partial charge in [0.15, 0.2) is 0 Å². The van der Waals surface area contributed by atoms with Crippen molar-refractivity contribution in [3.8, 4) is 0 Å². The Bertz CT molecular complexity index is 497.